The van der Waals surface area contributed by atoms with Crippen LogP contribution in [0.25, 0.3) is 0 Å². The molecule has 0 radical (unpaired) electrons. The van der Waals surface area contributed by atoms with E-state index in [1.54, 1.807) is 49.6 Å². The Bertz CT molecular complexity index is 977. The molecule has 1 heterocycles. The van der Waals surface area contributed by atoms with Gasteiger partial charge in [0.05, 0.1) is 25.8 Å². The van der Waals surface area contributed by atoms with Gasteiger partial charge in [-0.3, -0.25) is 14.4 Å². The van der Waals surface area contributed by atoms with E-state index in [-0.39, 0.29) is 37.3 Å². The molecule has 164 valence electrons. The van der Waals surface area contributed by atoms with Crippen LogP contribution in [-0.2, 0) is 19.1 Å². The Balaban J connectivity index is 1.69. The molecule has 0 spiro atoms. The predicted molar refractivity (Wildman–Crippen MR) is 116 cm³/mol. The molecule has 1 fully saturated rings. The minimum absolute atomic E-state index is 0.0651. The Morgan fingerprint density at radius 2 is 1.77 bits per heavy atom. The summed E-state index contributed by atoms with van der Waals surface area (Å²) < 4.78 is 15.4. The maximum Gasteiger partial charge on any atom is 0.250 e. The van der Waals surface area contributed by atoms with Crippen LogP contribution in [0.3, 0.4) is 0 Å². The minimum atomic E-state index is -0.532. The van der Waals surface area contributed by atoms with Crippen LogP contribution >= 0.6 is 0 Å². The van der Waals surface area contributed by atoms with Crippen LogP contribution < -0.4 is 25.0 Å². The Kier molecular flexibility index (Phi) is 7.09. The van der Waals surface area contributed by atoms with E-state index in [9.17, 15) is 14.4 Å². The van der Waals surface area contributed by atoms with Crippen molar-refractivity contribution in [2.75, 3.05) is 50.0 Å². The first-order valence-corrected chi connectivity index (χ1v) is 9.67. The summed E-state index contributed by atoms with van der Waals surface area (Å²) in [5, 5.41) is 5.50. The van der Waals surface area contributed by atoms with Crippen molar-refractivity contribution >= 4 is 34.8 Å². The van der Waals surface area contributed by atoms with Gasteiger partial charge in [-0.25, -0.2) is 0 Å². The summed E-state index contributed by atoms with van der Waals surface area (Å²) in [4.78, 5) is 38.6. The molecular formula is C22H25N3O6. The molecule has 3 amide bonds. The van der Waals surface area contributed by atoms with Gasteiger partial charge < -0.3 is 29.7 Å². The maximum absolute atomic E-state index is 12.8. The highest BCUT2D eigenvalue weighted by molar-refractivity contribution is 6.04. The smallest absolute Gasteiger partial charge is 0.250 e. The van der Waals surface area contributed by atoms with Crippen molar-refractivity contribution in [1.82, 2.24) is 0 Å². The number of carbonyl (C=O) groups excluding carboxylic acids is 3. The monoisotopic (exact) mass is 427 g/mol. The zero-order valence-corrected chi connectivity index (χ0v) is 17.6. The number of ether oxygens (including phenoxy) is 3. The number of carbonyl (C=O) groups is 3. The summed E-state index contributed by atoms with van der Waals surface area (Å²) in [6.45, 7) is 0.156. The molecule has 31 heavy (non-hydrogen) atoms. The third-order valence-corrected chi connectivity index (χ3v) is 4.86. The number of benzene rings is 2. The Hall–Kier alpha value is -3.59. The number of amides is 3. The van der Waals surface area contributed by atoms with Gasteiger partial charge >= 0.3 is 0 Å². The SMILES string of the molecule is COCC(=O)Nc1cccc(NC(=O)C2CC(=O)N(c3cc(OC)ccc3OC)C2)c1. The van der Waals surface area contributed by atoms with Crippen molar-refractivity contribution in [3.05, 3.63) is 42.5 Å². The van der Waals surface area contributed by atoms with Crippen LogP contribution in [0.4, 0.5) is 17.1 Å². The molecule has 1 saturated heterocycles. The highest BCUT2D eigenvalue weighted by atomic mass is 16.5. The molecule has 0 saturated carbocycles. The molecule has 9 heteroatoms. The van der Waals surface area contributed by atoms with Crippen LogP contribution in [-0.4, -0.2) is 52.2 Å². The van der Waals surface area contributed by atoms with Gasteiger partial charge in [-0.05, 0) is 30.3 Å². The molecule has 9 nitrogen and oxygen atoms in total. The van der Waals surface area contributed by atoms with E-state index < -0.39 is 5.92 Å². The van der Waals surface area contributed by atoms with Crippen LogP contribution in [0.15, 0.2) is 42.5 Å². The fourth-order valence-electron chi connectivity index (χ4n) is 3.37. The summed E-state index contributed by atoms with van der Waals surface area (Å²) in [5.74, 6) is -0.172. The average Bonchev–Trinajstić information content (AvgIpc) is 3.15. The molecule has 1 atom stereocenters. The first kappa shape index (κ1) is 22.1. The van der Waals surface area contributed by atoms with Gasteiger partial charge in [0, 0.05) is 37.5 Å². The average molecular weight is 427 g/mol. The van der Waals surface area contributed by atoms with E-state index in [4.69, 9.17) is 14.2 Å². The third-order valence-electron chi connectivity index (χ3n) is 4.86. The molecule has 0 aliphatic carbocycles. The zero-order chi connectivity index (χ0) is 22.4. The number of anilines is 3. The number of nitrogens with one attached hydrogen (secondary N) is 2. The molecule has 0 bridgehead atoms. The standard InChI is InChI=1S/C22H25N3O6/c1-29-13-20(26)23-15-5-4-6-16(10-15)24-22(28)14-9-21(27)25(12-14)18-11-17(30-2)7-8-19(18)31-3/h4-8,10-11,14H,9,12-13H2,1-3H3,(H,23,26)(H,24,28). The summed E-state index contributed by atoms with van der Waals surface area (Å²) in [7, 11) is 4.50. The number of rotatable bonds is 8. The molecular weight excluding hydrogens is 402 g/mol. The van der Waals surface area contributed by atoms with E-state index in [1.165, 1.54) is 19.1 Å². The van der Waals surface area contributed by atoms with E-state index in [2.05, 4.69) is 10.6 Å². The topological polar surface area (TPSA) is 106 Å². The van der Waals surface area contributed by atoms with E-state index >= 15 is 0 Å². The quantitative estimate of drug-likeness (QED) is 0.670. The van der Waals surface area contributed by atoms with Crippen LogP contribution in [0.5, 0.6) is 11.5 Å². The lowest BCUT2D eigenvalue weighted by atomic mass is 10.1. The van der Waals surface area contributed by atoms with E-state index in [1.807, 2.05) is 0 Å². The van der Waals surface area contributed by atoms with Crippen molar-refractivity contribution in [2.45, 2.75) is 6.42 Å². The van der Waals surface area contributed by atoms with Gasteiger partial charge in [0.2, 0.25) is 17.7 Å². The second-order valence-electron chi connectivity index (χ2n) is 6.99. The largest absolute Gasteiger partial charge is 0.497 e. The fraction of sp³-hybridized carbons (Fsp3) is 0.318. The highest BCUT2D eigenvalue weighted by Crippen LogP contribution is 2.36. The van der Waals surface area contributed by atoms with Crippen molar-refractivity contribution in [3.63, 3.8) is 0 Å². The van der Waals surface area contributed by atoms with Crippen molar-refractivity contribution in [2.24, 2.45) is 5.92 Å². The highest BCUT2D eigenvalue weighted by Gasteiger charge is 2.36. The lowest BCUT2D eigenvalue weighted by molar-refractivity contribution is -0.122. The molecule has 3 rings (SSSR count). The Labute approximate surface area is 180 Å². The van der Waals surface area contributed by atoms with Crippen molar-refractivity contribution < 1.29 is 28.6 Å². The summed E-state index contributed by atoms with van der Waals surface area (Å²) in [6.07, 6.45) is 0.0798. The molecule has 1 aliphatic heterocycles. The lowest BCUT2D eigenvalue weighted by Crippen LogP contribution is -2.28. The van der Waals surface area contributed by atoms with Crippen molar-refractivity contribution in [3.8, 4) is 11.5 Å². The number of hydrogen-bond donors (Lipinski definition) is 2. The second kappa shape index (κ2) is 9.94. The molecule has 1 aliphatic rings. The van der Waals surface area contributed by atoms with Gasteiger partial charge in [0.1, 0.15) is 18.1 Å². The number of methoxy groups -OCH3 is 3. The van der Waals surface area contributed by atoms with Crippen LogP contribution in [0.2, 0.25) is 0 Å². The molecule has 2 N–H and O–H groups in total. The van der Waals surface area contributed by atoms with Gasteiger partial charge in [0.25, 0.3) is 0 Å². The number of hydrogen-bond acceptors (Lipinski definition) is 6. The molecule has 0 aromatic heterocycles. The lowest BCUT2D eigenvalue weighted by Gasteiger charge is -2.20. The van der Waals surface area contributed by atoms with Gasteiger partial charge in [0.15, 0.2) is 0 Å². The molecule has 1 unspecified atom stereocenters. The first-order chi connectivity index (χ1) is 14.9. The minimum Gasteiger partial charge on any atom is -0.497 e. The van der Waals surface area contributed by atoms with Crippen LogP contribution in [0, 0.1) is 5.92 Å². The summed E-state index contributed by atoms with van der Waals surface area (Å²) >= 11 is 0. The van der Waals surface area contributed by atoms with E-state index in [0.717, 1.165) is 0 Å². The maximum atomic E-state index is 12.8. The second-order valence-corrected chi connectivity index (χ2v) is 6.99. The number of nitrogens with zero attached hydrogens (tertiary/aromatic N) is 1. The summed E-state index contributed by atoms with van der Waals surface area (Å²) in [5.41, 5.74) is 1.61. The van der Waals surface area contributed by atoms with Gasteiger partial charge in [-0.1, -0.05) is 6.07 Å². The normalized spacial score (nSPS) is 15.5. The predicted octanol–water partition coefficient (Wildman–Crippen LogP) is 2.28. The molecule has 2 aromatic rings. The van der Waals surface area contributed by atoms with Crippen LogP contribution in [0.1, 0.15) is 6.42 Å². The van der Waals surface area contributed by atoms with Gasteiger partial charge in [-0.2, -0.15) is 0 Å². The molecule has 2 aromatic carbocycles. The van der Waals surface area contributed by atoms with Gasteiger partial charge in [-0.15, -0.1) is 0 Å². The van der Waals surface area contributed by atoms with Crippen molar-refractivity contribution in [1.29, 1.82) is 0 Å². The first-order valence-electron chi connectivity index (χ1n) is 9.67. The Morgan fingerprint density at radius 1 is 1.03 bits per heavy atom. The zero-order valence-electron chi connectivity index (χ0n) is 17.6. The summed E-state index contributed by atoms with van der Waals surface area (Å²) in [6, 6.07) is 12.0. The van der Waals surface area contributed by atoms with E-state index in [0.29, 0.717) is 28.6 Å². The third kappa shape index (κ3) is 5.32. The fourth-order valence-corrected chi connectivity index (χ4v) is 3.37. The Morgan fingerprint density at radius 3 is 2.45 bits per heavy atom.